The number of hydrogen-bond donors (Lipinski definition) is 1. The van der Waals surface area contributed by atoms with Crippen molar-refractivity contribution >= 4 is 5.97 Å². The van der Waals surface area contributed by atoms with E-state index >= 15 is 0 Å². The highest BCUT2D eigenvalue weighted by Crippen LogP contribution is 2.24. The minimum Gasteiger partial charge on any atom is -0.478 e. The van der Waals surface area contributed by atoms with E-state index in [1.807, 2.05) is 0 Å². The van der Waals surface area contributed by atoms with Crippen LogP contribution in [-0.2, 0) is 4.79 Å². The molecule has 1 N–H and O–H groups in total. The predicted octanol–water partition coefficient (Wildman–Crippen LogP) is 4.40. The van der Waals surface area contributed by atoms with Gasteiger partial charge in [-0.2, -0.15) is 0 Å². The molecule has 0 aromatic rings. The number of carbonyl (C=O) groups is 1. The van der Waals surface area contributed by atoms with Gasteiger partial charge in [0, 0.05) is 5.57 Å². The van der Waals surface area contributed by atoms with Gasteiger partial charge in [-0.3, -0.25) is 0 Å². The Morgan fingerprint density at radius 2 is 1.50 bits per heavy atom. The zero-order valence-corrected chi connectivity index (χ0v) is 10.8. The first-order valence-corrected chi connectivity index (χ1v) is 6.55. The quantitative estimate of drug-likeness (QED) is 0.442. The van der Waals surface area contributed by atoms with Crippen LogP contribution < -0.4 is 0 Å². The topological polar surface area (TPSA) is 37.3 Å². The molecular weight excluding hydrogens is 200 g/mol. The normalized spacial score (nSPS) is 10.7. The molecule has 0 atom stereocenters. The van der Waals surface area contributed by atoms with Crippen LogP contribution >= 0.6 is 0 Å². The highest BCUT2D eigenvalue weighted by Gasteiger charge is 2.17. The second-order valence-electron chi connectivity index (χ2n) is 4.52. The molecule has 0 saturated heterocycles. The summed E-state index contributed by atoms with van der Waals surface area (Å²) in [4.78, 5) is 10.9. The first kappa shape index (κ1) is 15.2. The summed E-state index contributed by atoms with van der Waals surface area (Å²) in [5.74, 6) is -0.631. The summed E-state index contributed by atoms with van der Waals surface area (Å²) in [6.07, 6.45) is 8.97. The van der Waals surface area contributed by atoms with Crippen LogP contribution in [0, 0.1) is 5.92 Å². The third-order valence-electron chi connectivity index (χ3n) is 3.08. The van der Waals surface area contributed by atoms with E-state index in [1.54, 1.807) is 0 Å². The Balaban J connectivity index is 4.05. The summed E-state index contributed by atoms with van der Waals surface area (Å²) < 4.78 is 0. The van der Waals surface area contributed by atoms with E-state index in [0.29, 0.717) is 5.57 Å². The number of aliphatic carboxylic acids is 1. The monoisotopic (exact) mass is 226 g/mol. The van der Waals surface area contributed by atoms with E-state index in [0.717, 1.165) is 25.7 Å². The molecule has 0 heterocycles. The van der Waals surface area contributed by atoms with Gasteiger partial charge in [-0.05, 0) is 18.8 Å². The molecule has 2 heteroatoms. The first-order valence-electron chi connectivity index (χ1n) is 6.55. The number of rotatable bonds is 10. The molecule has 0 aliphatic carbocycles. The van der Waals surface area contributed by atoms with E-state index < -0.39 is 5.97 Å². The van der Waals surface area contributed by atoms with Crippen molar-refractivity contribution in [2.45, 2.75) is 65.2 Å². The highest BCUT2D eigenvalue weighted by atomic mass is 16.4. The van der Waals surface area contributed by atoms with Gasteiger partial charge in [-0.25, -0.2) is 4.79 Å². The second kappa shape index (κ2) is 9.44. The van der Waals surface area contributed by atoms with Crippen molar-refractivity contribution in [3.63, 3.8) is 0 Å². The molecule has 0 aliphatic heterocycles. The zero-order chi connectivity index (χ0) is 12.4. The van der Waals surface area contributed by atoms with Crippen LogP contribution in [0.1, 0.15) is 65.2 Å². The van der Waals surface area contributed by atoms with Crippen LogP contribution in [-0.4, -0.2) is 11.1 Å². The summed E-state index contributed by atoms with van der Waals surface area (Å²) in [7, 11) is 0. The van der Waals surface area contributed by atoms with Gasteiger partial charge in [0.1, 0.15) is 0 Å². The fraction of sp³-hybridized carbons (Fsp3) is 0.786. The molecule has 0 unspecified atom stereocenters. The van der Waals surface area contributed by atoms with Gasteiger partial charge >= 0.3 is 5.97 Å². The van der Waals surface area contributed by atoms with Crippen LogP contribution in [0.4, 0.5) is 0 Å². The van der Waals surface area contributed by atoms with E-state index in [9.17, 15) is 4.79 Å². The Morgan fingerprint density at radius 3 is 1.81 bits per heavy atom. The lowest BCUT2D eigenvalue weighted by Crippen LogP contribution is -2.12. The standard InChI is InChI=1S/C14H26O2/c1-4-6-8-10-13(11-9-7-5-2)12(3)14(15)16/h13H,3-11H2,1-2H3,(H,15,16). The maximum absolute atomic E-state index is 10.9. The SMILES string of the molecule is C=C(C(=O)O)C(CCCCC)CCCCC. The Morgan fingerprint density at radius 1 is 1.06 bits per heavy atom. The first-order chi connectivity index (χ1) is 7.63. The maximum Gasteiger partial charge on any atom is 0.331 e. The fourth-order valence-electron chi connectivity index (χ4n) is 1.95. The molecule has 0 aromatic carbocycles. The Hall–Kier alpha value is -0.790. The van der Waals surface area contributed by atoms with Crippen molar-refractivity contribution in [3.05, 3.63) is 12.2 Å². The summed E-state index contributed by atoms with van der Waals surface area (Å²) in [6.45, 7) is 8.04. The van der Waals surface area contributed by atoms with Gasteiger partial charge in [0.25, 0.3) is 0 Å². The van der Waals surface area contributed by atoms with Gasteiger partial charge in [0.15, 0.2) is 0 Å². The molecule has 0 amide bonds. The Bertz CT molecular complexity index is 199. The molecule has 2 nitrogen and oxygen atoms in total. The van der Waals surface area contributed by atoms with Gasteiger partial charge in [-0.15, -0.1) is 0 Å². The van der Waals surface area contributed by atoms with Gasteiger partial charge in [0.05, 0.1) is 0 Å². The zero-order valence-electron chi connectivity index (χ0n) is 10.8. The Labute approximate surface area is 99.7 Å². The molecule has 16 heavy (non-hydrogen) atoms. The third kappa shape index (κ3) is 6.65. The largest absolute Gasteiger partial charge is 0.478 e. The maximum atomic E-state index is 10.9. The van der Waals surface area contributed by atoms with Crippen molar-refractivity contribution < 1.29 is 9.90 Å². The van der Waals surface area contributed by atoms with Crippen LogP contribution in [0.25, 0.3) is 0 Å². The predicted molar refractivity (Wildman–Crippen MR) is 68.5 cm³/mol. The number of carboxylic acids is 1. The average Bonchev–Trinajstić information content (AvgIpc) is 2.26. The van der Waals surface area contributed by atoms with Crippen molar-refractivity contribution in [1.82, 2.24) is 0 Å². The van der Waals surface area contributed by atoms with E-state index in [4.69, 9.17) is 5.11 Å². The molecule has 0 spiro atoms. The number of hydrogen-bond acceptors (Lipinski definition) is 1. The molecule has 0 radical (unpaired) electrons. The summed E-state index contributed by atoms with van der Waals surface area (Å²) in [6, 6.07) is 0. The van der Waals surface area contributed by atoms with E-state index in [1.165, 1.54) is 25.7 Å². The smallest absolute Gasteiger partial charge is 0.331 e. The molecule has 94 valence electrons. The van der Waals surface area contributed by atoms with Gasteiger partial charge in [0.2, 0.25) is 0 Å². The fourth-order valence-corrected chi connectivity index (χ4v) is 1.95. The van der Waals surface area contributed by atoms with Crippen LogP contribution in [0.15, 0.2) is 12.2 Å². The number of carboxylic acid groups (broad SMARTS) is 1. The minimum atomic E-state index is -0.821. The molecule has 0 aromatic heterocycles. The van der Waals surface area contributed by atoms with Crippen LogP contribution in [0.5, 0.6) is 0 Å². The molecule has 0 fully saturated rings. The van der Waals surface area contributed by atoms with Crippen molar-refractivity contribution in [1.29, 1.82) is 0 Å². The van der Waals surface area contributed by atoms with E-state index in [-0.39, 0.29) is 5.92 Å². The van der Waals surface area contributed by atoms with Crippen LogP contribution in [0.3, 0.4) is 0 Å². The minimum absolute atomic E-state index is 0.190. The Kier molecular flexibility index (Phi) is 8.97. The summed E-state index contributed by atoms with van der Waals surface area (Å²) >= 11 is 0. The van der Waals surface area contributed by atoms with Crippen LogP contribution in [0.2, 0.25) is 0 Å². The second-order valence-corrected chi connectivity index (χ2v) is 4.52. The highest BCUT2D eigenvalue weighted by molar-refractivity contribution is 5.86. The van der Waals surface area contributed by atoms with E-state index in [2.05, 4.69) is 20.4 Å². The lowest BCUT2D eigenvalue weighted by molar-refractivity contribution is -0.133. The summed E-state index contributed by atoms with van der Waals surface area (Å²) in [5, 5.41) is 8.97. The lowest BCUT2D eigenvalue weighted by atomic mass is 9.89. The van der Waals surface area contributed by atoms with Gasteiger partial charge in [-0.1, -0.05) is 59.0 Å². The lowest BCUT2D eigenvalue weighted by Gasteiger charge is -2.16. The average molecular weight is 226 g/mol. The number of unbranched alkanes of at least 4 members (excludes halogenated alkanes) is 4. The molecule has 0 aliphatic rings. The molecule has 0 rings (SSSR count). The molecule has 0 saturated carbocycles. The van der Waals surface area contributed by atoms with Crippen molar-refractivity contribution in [2.24, 2.45) is 5.92 Å². The molecular formula is C14H26O2. The third-order valence-corrected chi connectivity index (χ3v) is 3.08. The van der Waals surface area contributed by atoms with Crippen molar-refractivity contribution in [2.75, 3.05) is 0 Å². The molecule has 0 bridgehead atoms. The van der Waals surface area contributed by atoms with Gasteiger partial charge < -0.3 is 5.11 Å². The summed E-state index contributed by atoms with van der Waals surface area (Å²) in [5.41, 5.74) is 0.409. The van der Waals surface area contributed by atoms with Crippen molar-refractivity contribution in [3.8, 4) is 0 Å².